The number of benzene rings is 1. The molecular formula is C10H8F3NO. The number of nitrogens with zero attached hydrogens (tertiary/aromatic N) is 1. The van der Waals surface area contributed by atoms with Gasteiger partial charge in [0.05, 0.1) is 6.42 Å². The minimum absolute atomic E-state index is 0.0618. The number of hydrogen-bond acceptors (Lipinski definition) is 1. The molecule has 2 rings (SSSR count). The number of hydrogen-bond donors (Lipinski definition) is 0. The van der Waals surface area contributed by atoms with Gasteiger partial charge in [0.25, 0.3) is 0 Å². The molecule has 0 unspecified atom stereocenters. The zero-order valence-electron chi connectivity index (χ0n) is 7.71. The molecule has 0 N–H and O–H groups in total. The molecule has 5 heteroatoms. The fourth-order valence-corrected chi connectivity index (χ4v) is 1.67. The summed E-state index contributed by atoms with van der Waals surface area (Å²) in [5.74, 6) is -0.492. The third-order valence-electron chi connectivity index (χ3n) is 2.26. The number of halogens is 3. The van der Waals surface area contributed by atoms with Crippen molar-refractivity contribution in [1.29, 1.82) is 0 Å². The molecule has 1 amide bonds. The minimum Gasteiger partial charge on any atom is -0.303 e. The summed E-state index contributed by atoms with van der Waals surface area (Å²) in [5, 5.41) is 0. The van der Waals surface area contributed by atoms with Crippen molar-refractivity contribution in [1.82, 2.24) is 0 Å². The highest BCUT2D eigenvalue weighted by Crippen LogP contribution is 2.31. The molecule has 0 radical (unpaired) electrons. The van der Waals surface area contributed by atoms with Crippen LogP contribution in [0, 0.1) is 0 Å². The van der Waals surface area contributed by atoms with Gasteiger partial charge in [0, 0.05) is 5.69 Å². The topological polar surface area (TPSA) is 20.3 Å². The molecule has 0 aliphatic carbocycles. The van der Waals surface area contributed by atoms with Crippen LogP contribution in [0.4, 0.5) is 18.9 Å². The fraction of sp³-hybridized carbons (Fsp3) is 0.300. The van der Waals surface area contributed by atoms with Crippen molar-refractivity contribution < 1.29 is 18.0 Å². The standard InChI is InChI=1S/C10H8F3NO/c11-10(12,13)6-14-8-4-2-1-3-7(8)5-9(14)15/h1-4H,5-6H2. The summed E-state index contributed by atoms with van der Waals surface area (Å²) in [6.45, 7) is -1.21. The molecule has 1 heterocycles. The normalized spacial score (nSPS) is 15.7. The average molecular weight is 215 g/mol. The molecule has 1 aromatic carbocycles. The monoisotopic (exact) mass is 215 g/mol. The van der Waals surface area contributed by atoms with Gasteiger partial charge in [0.1, 0.15) is 6.54 Å². The van der Waals surface area contributed by atoms with Crippen molar-refractivity contribution >= 4 is 11.6 Å². The third-order valence-corrected chi connectivity index (χ3v) is 2.26. The average Bonchev–Trinajstić information content (AvgIpc) is 2.41. The number of carbonyl (C=O) groups is 1. The summed E-state index contributed by atoms with van der Waals surface area (Å²) >= 11 is 0. The van der Waals surface area contributed by atoms with Crippen LogP contribution in [0.2, 0.25) is 0 Å². The zero-order chi connectivity index (χ0) is 11.1. The summed E-state index contributed by atoms with van der Waals surface area (Å²) in [7, 11) is 0. The largest absolute Gasteiger partial charge is 0.406 e. The Labute approximate surface area is 84.3 Å². The van der Waals surface area contributed by atoms with Crippen molar-refractivity contribution in [3.63, 3.8) is 0 Å². The van der Waals surface area contributed by atoms with Gasteiger partial charge >= 0.3 is 6.18 Å². The van der Waals surface area contributed by atoms with E-state index in [4.69, 9.17) is 0 Å². The van der Waals surface area contributed by atoms with Crippen molar-refractivity contribution in [2.75, 3.05) is 11.4 Å². The molecule has 0 bridgehead atoms. The van der Waals surface area contributed by atoms with Gasteiger partial charge in [0.2, 0.25) is 5.91 Å². The van der Waals surface area contributed by atoms with Gasteiger partial charge < -0.3 is 4.90 Å². The molecule has 80 valence electrons. The Balaban J connectivity index is 2.30. The Morgan fingerprint density at radius 1 is 1.27 bits per heavy atom. The summed E-state index contributed by atoms with van der Waals surface area (Å²) in [6.07, 6.45) is -4.29. The molecule has 1 aliphatic rings. The van der Waals surface area contributed by atoms with Crippen molar-refractivity contribution in [3.8, 4) is 0 Å². The first-order valence-electron chi connectivity index (χ1n) is 4.42. The van der Waals surface area contributed by atoms with Crippen LogP contribution >= 0.6 is 0 Å². The summed E-state index contributed by atoms with van der Waals surface area (Å²) < 4.78 is 36.5. The van der Waals surface area contributed by atoms with E-state index in [0.29, 0.717) is 11.3 Å². The van der Waals surface area contributed by atoms with Crippen LogP contribution in [-0.2, 0) is 11.2 Å². The van der Waals surface area contributed by atoms with Gasteiger partial charge in [-0.1, -0.05) is 18.2 Å². The maximum atomic E-state index is 12.2. The summed E-state index contributed by atoms with van der Waals surface area (Å²) in [5.41, 5.74) is 1.03. The molecular weight excluding hydrogens is 207 g/mol. The van der Waals surface area contributed by atoms with Gasteiger partial charge in [-0.2, -0.15) is 13.2 Å². The smallest absolute Gasteiger partial charge is 0.303 e. The Bertz CT molecular complexity index is 400. The lowest BCUT2D eigenvalue weighted by atomic mass is 10.2. The van der Waals surface area contributed by atoms with Gasteiger partial charge in [-0.15, -0.1) is 0 Å². The predicted molar refractivity (Wildman–Crippen MR) is 48.6 cm³/mol. The summed E-state index contributed by atoms with van der Waals surface area (Å²) in [6, 6.07) is 6.54. The number of alkyl halides is 3. The highest BCUT2D eigenvalue weighted by Gasteiger charge is 2.37. The van der Waals surface area contributed by atoms with Crippen LogP contribution in [0.25, 0.3) is 0 Å². The first-order chi connectivity index (χ1) is 6.97. The fourth-order valence-electron chi connectivity index (χ4n) is 1.67. The molecule has 0 saturated carbocycles. The van der Waals surface area contributed by atoms with E-state index >= 15 is 0 Å². The molecule has 0 fully saturated rings. The number of carbonyl (C=O) groups excluding carboxylic acids is 1. The van der Waals surface area contributed by atoms with Crippen LogP contribution in [0.3, 0.4) is 0 Å². The Hall–Kier alpha value is -1.52. The van der Waals surface area contributed by atoms with Crippen molar-refractivity contribution in [2.45, 2.75) is 12.6 Å². The van der Waals surface area contributed by atoms with Crippen LogP contribution in [0.1, 0.15) is 5.56 Å². The quantitative estimate of drug-likeness (QED) is 0.702. The van der Waals surface area contributed by atoms with E-state index < -0.39 is 18.6 Å². The second-order valence-electron chi connectivity index (χ2n) is 3.40. The van der Waals surface area contributed by atoms with Crippen LogP contribution in [-0.4, -0.2) is 18.6 Å². The number of anilines is 1. The second kappa shape index (κ2) is 3.25. The molecule has 1 aromatic rings. The molecule has 1 aliphatic heterocycles. The molecule has 0 atom stereocenters. The third kappa shape index (κ3) is 1.95. The molecule has 0 saturated heterocycles. The number of rotatable bonds is 1. The highest BCUT2D eigenvalue weighted by molar-refractivity contribution is 6.01. The molecule has 0 aromatic heterocycles. The SMILES string of the molecule is O=C1Cc2ccccc2N1CC(F)(F)F. The molecule has 15 heavy (non-hydrogen) atoms. The maximum absolute atomic E-state index is 12.2. The van der Waals surface area contributed by atoms with E-state index in [9.17, 15) is 18.0 Å². The summed E-state index contributed by atoms with van der Waals surface area (Å²) in [4.78, 5) is 12.1. The van der Waals surface area contributed by atoms with Crippen LogP contribution < -0.4 is 4.90 Å². The van der Waals surface area contributed by atoms with E-state index in [1.165, 1.54) is 6.07 Å². The lowest BCUT2D eigenvalue weighted by Crippen LogP contribution is -2.36. The number of amides is 1. The van der Waals surface area contributed by atoms with Crippen molar-refractivity contribution in [3.05, 3.63) is 29.8 Å². The Morgan fingerprint density at radius 3 is 2.60 bits per heavy atom. The van der Waals surface area contributed by atoms with E-state index in [1.54, 1.807) is 18.2 Å². The molecule has 0 spiro atoms. The zero-order valence-corrected chi connectivity index (χ0v) is 7.71. The first kappa shape index (κ1) is 10.0. The number of fused-ring (bicyclic) bond motifs is 1. The van der Waals surface area contributed by atoms with Crippen molar-refractivity contribution in [2.24, 2.45) is 0 Å². The first-order valence-corrected chi connectivity index (χ1v) is 4.42. The maximum Gasteiger partial charge on any atom is 0.406 e. The number of para-hydroxylation sites is 1. The van der Waals surface area contributed by atoms with E-state index in [2.05, 4.69) is 0 Å². The predicted octanol–water partition coefficient (Wildman–Crippen LogP) is 2.14. The lowest BCUT2D eigenvalue weighted by molar-refractivity contribution is -0.131. The van der Waals surface area contributed by atoms with Gasteiger partial charge in [0.15, 0.2) is 0 Å². The second-order valence-corrected chi connectivity index (χ2v) is 3.40. The van der Waals surface area contributed by atoms with Crippen LogP contribution in [0.5, 0.6) is 0 Å². The van der Waals surface area contributed by atoms with Crippen LogP contribution in [0.15, 0.2) is 24.3 Å². The van der Waals surface area contributed by atoms with E-state index in [-0.39, 0.29) is 6.42 Å². The van der Waals surface area contributed by atoms with Gasteiger partial charge in [-0.25, -0.2) is 0 Å². The molecule has 2 nitrogen and oxygen atoms in total. The minimum atomic E-state index is -4.35. The highest BCUT2D eigenvalue weighted by atomic mass is 19.4. The van der Waals surface area contributed by atoms with Gasteiger partial charge in [-0.3, -0.25) is 4.79 Å². The van der Waals surface area contributed by atoms with Gasteiger partial charge in [-0.05, 0) is 11.6 Å². The van der Waals surface area contributed by atoms with E-state index in [0.717, 1.165) is 4.90 Å². The Morgan fingerprint density at radius 2 is 1.93 bits per heavy atom. The Kier molecular flexibility index (Phi) is 2.17. The van der Waals surface area contributed by atoms with E-state index in [1.807, 2.05) is 0 Å². The lowest BCUT2D eigenvalue weighted by Gasteiger charge is -2.18.